The van der Waals surface area contributed by atoms with E-state index < -0.39 is 10.8 Å². The van der Waals surface area contributed by atoms with Crippen LogP contribution in [0.3, 0.4) is 0 Å². The van der Waals surface area contributed by atoms with Gasteiger partial charge in [0, 0.05) is 21.4 Å². The van der Waals surface area contributed by atoms with Gasteiger partial charge < -0.3 is 5.32 Å². The SMILES string of the molecule is Cc1ccsc1CNC(=O)C[S@](=O)CC1CCCCC1. The summed E-state index contributed by atoms with van der Waals surface area (Å²) in [5, 5.41) is 4.90. The molecule has 1 aliphatic rings. The molecule has 0 radical (unpaired) electrons. The van der Waals surface area contributed by atoms with Crippen LogP contribution in [0, 0.1) is 12.8 Å². The molecule has 5 heteroatoms. The van der Waals surface area contributed by atoms with Gasteiger partial charge >= 0.3 is 0 Å². The fourth-order valence-electron chi connectivity index (χ4n) is 2.64. The lowest BCUT2D eigenvalue weighted by Gasteiger charge is -2.20. The summed E-state index contributed by atoms with van der Waals surface area (Å²) in [7, 11) is -1.01. The zero-order valence-corrected chi connectivity index (χ0v) is 13.7. The van der Waals surface area contributed by atoms with Crippen molar-refractivity contribution in [3.63, 3.8) is 0 Å². The number of hydrogen-bond acceptors (Lipinski definition) is 3. The van der Waals surface area contributed by atoms with Gasteiger partial charge in [-0.3, -0.25) is 9.00 Å². The third kappa shape index (κ3) is 5.02. The van der Waals surface area contributed by atoms with Crippen LogP contribution in [0.5, 0.6) is 0 Å². The molecule has 0 unspecified atom stereocenters. The van der Waals surface area contributed by atoms with Crippen LogP contribution >= 0.6 is 11.3 Å². The van der Waals surface area contributed by atoms with Crippen LogP contribution in [-0.4, -0.2) is 21.6 Å². The molecule has 2 rings (SSSR count). The fraction of sp³-hybridized carbons (Fsp3) is 0.667. The summed E-state index contributed by atoms with van der Waals surface area (Å²) in [6.45, 7) is 2.60. The van der Waals surface area contributed by atoms with Crippen molar-refractivity contribution in [2.75, 3.05) is 11.5 Å². The maximum atomic E-state index is 12.0. The van der Waals surface area contributed by atoms with Crippen molar-refractivity contribution in [3.8, 4) is 0 Å². The first-order valence-electron chi connectivity index (χ1n) is 7.30. The van der Waals surface area contributed by atoms with Gasteiger partial charge in [0.25, 0.3) is 0 Å². The van der Waals surface area contributed by atoms with E-state index in [1.165, 1.54) is 42.5 Å². The highest BCUT2D eigenvalue weighted by atomic mass is 32.2. The highest BCUT2D eigenvalue weighted by Gasteiger charge is 2.17. The molecule has 0 aromatic carbocycles. The normalized spacial score (nSPS) is 17.9. The third-order valence-corrected chi connectivity index (χ3v) is 6.30. The van der Waals surface area contributed by atoms with Crippen molar-refractivity contribution in [2.24, 2.45) is 5.92 Å². The first-order chi connectivity index (χ1) is 9.65. The Morgan fingerprint density at radius 3 is 2.80 bits per heavy atom. The Morgan fingerprint density at radius 2 is 2.15 bits per heavy atom. The maximum absolute atomic E-state index is 12.0. The van der Waals surface area contributed by atoms with Gasteiger partial charge in [-0.05, 0) is 42.7 Å². The molecule has 1 aromatic rings. The van der Waals surface area contributed by atoms with Gasteiger partial charge in [0.15, 0.2) is 0 Å². The van der Waals surface area contributed by atoms with Crippen molar-refractivity contribution in [1.82, 2.24) is 5.32 Å². The Kier molecular flexibility index (Phi) is 6.23. The summed E-state index contributed by atoms with van der Waals surface area (Å²) in [6, 6.07) is 2.05. The third-order valence-electron chi connectivity index (χ3n) is 3.85. The molecule has 112 valence electrons. The van der Waals surface area contributed by atoms with E-state index in [0.717, 1.165) is 0 Å². The molecule has 0 aliphatic heterocycles. The number of carbonyl (C=O) groups excluding carboxylic acids is 1. The Bertz CT molecular complexity index is 464. The summed E-state index contributed by atoms with van der Waals surface area (Å²) in [5.41, 5.74) is 1.21. The standard InChI is InChI=1S/C15H23NO2S2/c1-12-7-8-19-14(12)9-16-15(17)11-20(18)10-13-5-3-2-4-6-13/h7-8,13H,2-6,9-11H2,1H3,(H,16,17)/t20-/m1/s1. The van der Waals surface area contributed by atoms with Gasteiger partial charge in [0.05, 0.1) is 6.54 Å². The molecular formula is C15H23NO2S2. The van der Waals surface area contributed by atoms with Crippen LogP contribution in [0.15, 0.2) is 11.4 Å². The summed E-state index contributed by atoms with van der Waals surface area (Å²) >= 11 is 1.65. The second-order valence-corrected chi connectivity index (χ2v) is 8.06. The molecule has 1 N–H and O–H groups in total. The molecule has 3 nitrogen and oxygen atoms in total. The average molecular weight is 313 g/mol. The van der Waals surface area contributed by atoms with E-state index in [9.17, 15) is 9.00 Å². The number of nitrogens with one attached hydrogen (secondary N) is 1. The number of rotatable bonds is 6. The molecular weight excluding hydrogens is 290 g/mol. The summed E-state index contributed by atoms with van der Waals surface area (Å²) in [6.07, 6.45) is 6.19. The van der Waals surface area contributed by atoms with E-state index in [1.54, 1.807) is 11.3 Å². The highest BCUT2D eigenvalue weighted by molar-refractivity contribution is 7.85. The zero-order chi connectivity index (χ0) is 14.4. The number of hydrogen-bond donors (Lipinski definition) is 1. The number of carbonyl (C=O) groups is 1. The molecule has 20 heavy (non-hydrogen) atoms. The molecule has 0 bridgehead atoms. The second-order valence-electron chi connectivity index (χ2n) is 5.56. The molecule has 1 saturated carbocycles. The summed E-state index contributed by atoms with van der Waals surface area (Å²) < 4.78 is 12.0. The lowest BCUT2D eigenvalue weighted by atomic mass is 9.91. The summed E-state index contributed by atoms with van der Waals surface area (Å²) in [4.78, 5) is 13.0. The lowest BCUT2D eigenvalue weighted by molar-refractivity contribution is -0.118. The van der Waals surface area contributed by atoms with Crippen molar-refractivity contribution >= 4 is 28.0 Å². The summed E-state index contributed by atoms with van der Waals surface area (Å²) in [5.74, 6) is 1.33. The number of thiophene rings is 1. The van der Waals surface area contributed by atoms with Gasteiger partial charge in [-0.2, -0.15) is 0 Å². The van der Waals surface area contributed by atoms with Crippen LogP contribution in [0.25, 0.3) is 0 Å². The van der Waals surface area contributed by atoms with Gasteiger partial charge in [0.1, 0.15) is 5.75 Å². The first kappa shape index (κ1) is 15.7. The second kappa shape index (κ2) is 7.93. The van der Waals surface area contributed by atoms with Crippen molar-refractivity contribution in [1.29, 1.82) is 0 Å². The fourth-order valence-corrected chi connectivity index (χ4v) is 4.85. The molecule has 1 fully saturated rings. The average Bonchev–Trinajstić information content (AvgIpc) is 2.83. The molecule has 1 atom stereocenters. The van der Waals surface area contributed by atoms with E-state index in [2.05, 4.69) is 5.32 Å². The van der Waals surface area contributed by atoms with Crippen molar-refractivity contribution < 1.29 is 9.00 Å². The molecule has 1 heterocycles. The predicted molar refractivity (Wildman–Crippen MR) is 85.4 cm³/mol. The molecule has 1 amide bonds. The largest absolute Gasteiger partial charge is 0.350 e. The number of aryl methyl sites for hydroxylation is 1. The topological polar surface area (TPSA) is 46.2 Å². The van der Waals surface area contributed by atoms with E-state index in [0.29, 0.717) is 18.2 Å². The van der Waals surface area contributed by atoms with Gasteiger partial charge in [-0.1, -0.05) is 19.3 Å². The molecule has 1 aromatic heterocycles. The van der Waals surface area contributed by atoms with Crippen molar-refractivity contribution in [2.45, 2.75) is 45.6 Å². The van der Waals surface area contributed by atoms with E-state index in [4.69, 9.17) is 0 Å². The number of amides is 1. The predicted octanol–water partition coefficient (Wildman–Crippen LogP) is 3.00. The quantitative estimate of drug-likeness (QED) is 0.877. The van der Waals surface area contributed by atoms with E-state index in [1.807, 2.05) is 18.4 Å². The Hall–Kier alpha value is -0.680. The molecule has 1 aliphatic carbocycles. The van der Waals surface area contributed by atoms with Crippen LogP contribution < -0.4 is 5.32 Å². The Morgan fingerprint density at radius 1 is 1.40 bits per heavy atom. The Labute approximate surface area is 127 Å². The van der Waals surface area contributed by atoms with Crippen molar-refractivity contribution in [3.05, 3.63) is 21.9 Å². The van der Waals surface area contributed by atoms with Gasteiger partial charge in [0.2, 0.25) is 5.91 Å². The van der Waals surface area contributed by atoms with Crippen LogP contribution in [0.4, 0.5) is 0 Å². The minimum atomic E-state index is -1.01. The van der Waals surface area contributed by atoms with Crippen LogP contribution in [-0.2, 0) is 22.1 Å². The minimum absolute atomic E-state index is 0.0908. The smallest absolute Gasteiger partial charge is 0.232 e. The van der Waals surface area contributed by atoms with E-state index >= 15 is 0 Å². The van der Waals surface area contributed by atoms with Crippen LogP contribution in [0.2, 0.25) is 0 Å². The maximum Gasteiger partial charge on any atom is 0.232 e. The monoisotopic (exact) mass is 313 g/mol. The van der Waals surface area contributed by atoms with Crippen LogP contribution in [0.1, 0.15) is 42.5 Å². The molecule has 0 spiro atoms. The Balaban J connectivity index is 1.68. The van der Waals surface area contributed by atoms with Gasteiger partial charge in [-0.15, -0.1) is 11.3 Å². The first-order valence-corrected chi connectivity index (χ1v) is 9.66. The highest BCUT2D eigenvalue weighted by Crippen LogP contribution is 2.24. The molecule has 0 saturated heterocycles. The minimum Gasteiger partial charge on any atom is -0.350 e. The van der Waals surface area contributed by atoms with E-state index in [-0.39, 0.29) is 11.7 Å². The lowest BCUT2D eigenvalue weighted by Crippen LogP contribution is -2.29. The zero-order valence-electron chi connectivity index (χ0n) is 12.0. The van der Waals surface area contributed by atoms with Gasteiger partial charge in [-0.25, -0.2) is 0 Å².